The molecule has 0 aromatic heterocycles. The predicted octanol–water partition coefficient (Wildman–Crippen LogP) is 3.13. The smallest absolute Gasteiger partial charge is 0.0776 e. The van der Waals surface area contributed by atoms with E-state index in [1.165, 1.54) is 32.1 Å². The summed E-state index contributed by atoms with van der Waals surface area (Å²) >= 11 is 0. The standard InChI is InChI=1S/C13H26O2/c1-3-11(2)15-10-13(14)9-12-7-5-4-6-8-12/h11-14H,3-10H2,1-2H3/t11?,13-/m0/s1. The van der Waals surface area contributed by atoms with Crippen molar-refractivity contribution in [2.24, 2.45) is 5.92 Å². The number of hydrogen-bond acceptors (Lipinski definition) is 2. The number of rotatable bonds is 6. The van der Waals surface area contributed by atoms with E-state index < -0.39 is 0 Å². The average Bonchev–Trinajstić information content (AvgIpc) is 2.27. The van der Waals surface area contributed by atoms with E-state index in [-0.39, 0.29) is 12.2 Å². The quantitative estimate of drug-likeness (QED) is 0.736. The molecule has 1 N–H and O–H groups in total. The number of aliphatic hydroxyl groups is 1. The molecule has 0 bridgehead atoms. The van der Waals surface area contributed by atoms with Crippen LogP contribution in [0.3, 0.4) is 0 Å². The van der Waals surface area contributed by atoms with Crippen LogP contribution in [0.4, 0.5) is 0 Å². The van der Waals surface area contributed by atoms with E-state index >= 15 is 0 Å². The molecule has 90 valence electrons. The lowest BCUT2D eigenvalue weighted by Gasteiger charge is -2.24. The van der Waals surface area contributed by atoms with Gasteiger partial charge in [0.25, 0.3) is 0 Å². The van der Waals surface area contributed by atoms with Crippen molar-refractivity contribution in [1.29, 1.82) is 0 Å². The number of ether oxygens (including phenoxy) is 1. The second-order valence-electron chi connectivity index (χ2n) is 4.95. The Kier molecular flexibility index (Phi) is 6.26. The molecule has 2 nitrogen and oxygen atoms in total. The van der Waals surface area contributed by atoms with E-state index in [1.807, 2.05) is 0 Å². The number of hydrogen-bond donors (Lipinski definition) is 1. The molecule has 1 aliphatic rings. The first-order chi connectivity index (χ1) is 7.22. The fourth-order valence-electron chi connectivity index (χ4n) is 2.27. The Hall–Kier alpha value is -0.0800. The molecule has 0 radical (unpaired) electrons. The molecule has 0 spiro atoms. The van der Waals surface area contributed by atoms with Crippen LogP contribution in [0.1, 0.15) is 58.8 Å². The zero-order valence-corrected chi connectivity index (χ0v) is 10.2. The summed E-state index contributed by atoms with van der Waals surface area (Å²) in [4.78, 5) is 0. The first kappa shape index (κ1) is 13.0. The van der Waals surface area contributed by atoms with Gasteiger partial charge >= 0.3 is 0 Å². The van der Waals surface area contributed by atoms with E-state index in [0.29, 0.717) is 6.61 Å². The summed E-state index contributed by atoms with van der Waals surface area (Å²) in [5.41, 5.74) is 0. The van der Waals surface area contributed by atoms with Crippen molar-refractivity contribution in [3.8, 4) is 0 Å². The Morgan fingerprint density at radius 2 is 1.93 bits per heavy atom. The van der Waals surface area contributed by atoms with Crippen LogP contribution in [0.15, 0.2) is 0 Å². The molecular formula is C13H26O2. The van der Waals surface area contributed by atoms with Crippen LogP contribution in [-0.2, 0) is 4.74 Å². The van der Waals surface area contributed by atoms with Crippen molar-refractivity contribution in [3.05, 3.63) is 0 Å². The summed E-state index contributed by atoms with van der Waals surface area (Å²) in [5, 5.41) is 9.82. The molecule has 0 amide bonds. The van der Waals surface area contributed by atoms with Crippen LogP contribution in [0, 0.1) is 5.92 Å². The normalized spacial score (nSPS) is 22.6. The van der Waals surface area contributed by atoms with Gasteiger partial charge in [0, 0.05) is 0 Å². The van der Waals surface area contributed by atoms with Crippen molar-refractivity contribution in [3.63, 3.8) is 0 Å². The van der Waals surface area contributed by atoms with Crippen LogP contribution < -0.4 is 0 Å². The van der Waals surface area contributed by atoms with Gasteiger partial charge in [-0.2, -0.15) is 0 Å². The summed E-state index contributed by atoms with van der Waals surface area (Å²) in [7, 11) is 0. The first-order valence-corrected chi connectivity index (χ1v) is 6.52. The Morgan fingerprint density at radius 1 is 1.27 bits per heavy atom. The Morgan fingerprint density at radius 3 is 2.53 bits per heavy atom. The maximum atomic E-state index is 9.82. The minimum atomic E-state index is -0.248. The van der Waals surface area contributed by atoms with Crippen LogP contribution >= 0.6 is 0 Å². The average molecular weight is 214 g/mol. The highest BCUT2D eigenvalue weighted by Gasteiger charge is 2.17. The molecule has 0 aromatic rings. The molecule has 1 fully saturated rings. The molecule has 2 heteroatoms. The van der Waals surface area contributed by atoms with Gasteiger partial charge in [-0.1, -0.05) is 39.0 Å². The lowest BCUT2D eigenvalue weighted by atomic mass is 9.85. The Bertz CT molecular complexity index is 153. The third-order valence-electron chi connectivity index (χ3n) is 3.48. The van der Waals surface area contributed by atoms with Gasteiger partial charge < -0.3 is 9.84 Å². The highest BCUT2D eigenvalue weighted by Crippen LogP contribution is 2.27. The third kappa shape index (κ3) is 5.53. The van der Waals surface area contributed by atoms with E-state index in [4.69, 9.17) is 4.74 Å². The van der Waals surface area contributed by atoms with Crippen LogP contribution in [0.25, 0.3) is 0 Å². The lowest BCUT2D eigenvalue weighted by molar-refractivity contribution is -0.0133. The fourth-order valence-corrected chi connectivity index (χ4v) is 2.27. The molecule has 0 saturated heterocycles. The van der Waals surface area contributed by atoms with Crippen LogP contribution in [-0.4, -0.2) is 23.9 Å². The van der Waals surface area contributed by atoms with Gasteiger partial charge in [-0.05, 0) is 25.7 Å². The van der Waals surface area contributed by atoms with Gasteiger partial charge in [0.15, 0.2) is 0 Å². The van der Waals surface area contributed by atoms with Gasteiger partial charge in [-0.25, -0.2) is 0 Å². The molecule has 15 heavy (non-hydrogen) atoms. The topological polar surface area (TPSA) is 29.5 Å². The molecule has 0 aromatic carbocycles. The van der Waals surface area contributed by atoms with E-state index in [0.717, 1.165) is 18.8 Å². The molecule has 0 aliphatic heterocycles. The molecule has 1 rings (SSSR count). The second kappa shape index (κ2) is 7.24. The fraction of sp³-hybridized carbons (Fsp3) is 1.00. The largest absolute Gasteiger partial charge is 0.391 e. The maximum absolute atomic E-state index is 9.82. The monoisotopic (exact) mass is 214 g/mol. The first-order valence-electron chi connectivity index (χ1n) is 6.52. The van der Waals surface area contributed by atoms with E-state index in [2.05, 4.69) is 13.8 Å². The molecule has 2 atom stereocenters. The van der Waals surface area contributed by atoms with Crippen molar-refractivity contribution in [2.75, 3.05) is 6.61 Å². The van der Waals surface area contributed by atoms with Gasteiger partial charge in [0.1, 0.15) is 0 Å². The minimum Gasteiger partial charge on any atom is -0.391 e. The minimum absolute atomic E-state index is 0.248. The zero-order chi connectivity index (χ0) is 11.1. The van der Waals surface area contributed by atoms with Gasteiger partial charge in [0.05, 0.1) is 18.8 Å². The van der Waals surface area contributed by atoms with Crippen molar-refractivity contribution >= 4 is 0 Å². The van der Waals surface area contributed by atoms with Gasteiger partial charge in [-0.3, -0.25) is 0 Å². The maximum Gasteiger partial charge on any atom is 0.0776 e. The van der Waals surface area contributed by atoms with Crippen molar-refractivity contribution < 1.29 is 9.84 Å². The third-order valence-corrected chi connectivity index (χ3v) is 3.48. The summed E-state index contributed by atoms with van der Waals surface area (Å²) in [6.07, 6.45) is 8.70. The second-order valence-corrected chi connectivity index (χ2v) is 4.95. The highest BCUT2D eigenvalue weighted by atomic mass is 16.5. The predicted molar refractivity (Wildman–Crippen MR) is 62.9 cm³/mol. The summed E-state index contributed by atoms with van der Waals surface area (Å²) in [6.45, 7) is 4.69. The molecule has 0 heterocycles. The Labute approximate surface area is 94.0 Å². The zero-order valence-electron chi connectivity index (χ0n) is 10.2. The summed E-state index contributed by atoms with van der Waals surface area (Å²) < 4.78 is 5.54. The van der Waals surface area contributed by atoms with Crippen LogP contribution in [0.2, 0.25) is 0 Å². The van der Waals surface area contributed by atoms with Crippen molar-refractivity contribution in [1.82, 2.24) is 0 Å². The summed E-state index contributed by atoms with van der Waals surface area (Å²) in [6, 6.07) is 0. The van der Waals surface area contributed by atoms with Gasteiger partial charge in [0.2, 0.25) is 0 Å². The molecule has 1 aliphatic carbocycles. The molecule has 1 saturated carbocycles. The highest BCUT2D eigenvalue weighted by molar-refractivity contribution is 4.69. The van der Waals surface area contributed by atoms with Gasteiger partial charge in [-0.15, -0.1) is 0 Å². The SMILES string of the molecule is CCC(C)OC[C@@H](O)CC1CCCCC1. The Balaban J connectivity index is 2.08. The summed E-state index contributed by atoms with van der Waals surface area (Å²) in [5.74, 6) is 0.745. The lowest BCUT2D eigenvalue weighted by Crippen LogP contribution is -2.23. The van der Waals surface area contributed by atoms with Crippen LogP contribution in [0.5, 0.6) is 0 Å². The van der Waals surface area contributed by atoms with Crippen molar-refractivity contribution in [2.45, 2.75) is 71.0 Å². The van der Waals surface area contributed by atoms with E-state index in [1.54, 1.807) is 0 Å². The molecular weight excluding hydrogens is 188 g/mol. The number of aliphatic hydroxyl groups excluding tert-OH is 1. The molecule has 1 unspecified atom stereocenters. The van der Waals surface area contributed by atoms with E-state index in [9.17, 15) is 5.11 Å².